The zero-order valence-electron chi connectivity index (χ0n) is 11.2. The van der Waals surface area contributed by atoms with Gasteiger partial charge in [-0.3, -0.25) is 0 Å². The van der Waals surface area contributed by atoms with Gasteiger partial charge < -0.3 is 9.84 Å². The summed E-state index contributed by atoms with van der Waals surface area (Å²) in [4.78, 5) is 11.2. The molecular weight excluding hydrogens is 254 g/mol. The maximum absolute atomic E-state index is 11.2. The van der Waals surface area contributed by atoms with Gasteiger partial charge in [0, 0.05) is 0 Å². The molecule has 0 heterocycles. The van der Waals surface area contributed by atoms with Crippen LogP contribution in [0.4, 0.5) is 0 Å². The van der Waals surface area contributed by atoms with E-state index in [1.807, 2.05) is 26.0 Å². The molecule has 0 amide bonds. The Labute approximate surface area is 116 Å². The van der Waals surface area contributed by atoms with Gasteiger partial charge >= 0.3 is 5.97 Å². The molecule has 2 aromatic rings. The van der Waals surface area contributed by atoms with Crippen molar-refractivity contribution in [2.24, 2.45) is 0 Å². The lowest BCUT2D eigenvalue weighted by Crippen LogP contribution is -2.01. The largest absolute Gasteiger partial charge is 0.478 e. The van der Waals surface area contributed by atoms with Crippen molar-refractivity contribution in [3.05, 3.63) is 58.7 Å². The van der Waals surface area contributed by atoms with E-state index in [1.54, 1.807) is 24.3 Å². The number of aryl methyl sites for hydroxylation is 2. The lowest BCUT2D eigenvalue weighted by molar-refractivity contribution is 0.0694. The Bertz CT molecular complexity index is 714. The summed E-state index contributed by atoms with van der Waals surface area (Å²) in [7, 11) is 0. The summed E-state index contributed by atoms with van der Waals surface area (Å²) in [5, 5.41) is 18.3. The zero-order chi connectivity index (χ0) is 14.7. The number of carboxylic acids is 1. The molecule has 0 spiro atoms. The highest BCUT2D eigenvalue weighted by atomic mass is 16.5. The van der Waals surface area contributed by atoms with Crippen molar-refractivity contribution in [3.63, 3.8) is 0 Å². The Morgan fingerprint density at radius 3 is 2.65 bits per heavy atom. The van der Waals surface area contributed by atoms with Crippen LogP contribution in [-0.2, 0) is 0 Å². The molecule has 4 nitrogen and oxygen atoms in total. The molecule has 0 fully saturated rings. The van der Waals surface area contributed by atoms with Crippen LogP contribution >= 0.6 is 0 Å². The summed E-state index contributed by atoms with van der Waals surface area (Å²) in [6.45, 7) is 3.66. The van der Waals surface area contributed by atoms with Crippen LogP contribution in [0.5, 0.6) is 11.5 Å². The molecule has 100 valence electrons. The van der Waals surface area contributed by atoms with Crippen LogP contribution in [-0.4, -0.2) is 11.1 Å². The fourth-order valence-corrected chi connectivity index (χ4v) is 1.88. The molecule has 0 bridgehead atoms. The monoisotopic (exact) mass is 267 g/mol. The van der Waals surface area contributed by atoms with Crippen molar-refractivity contribution in [1.29, 1.82) is 5.26 Å². The van der Waals surface area contributed by atoms with Crippen molar-refractivity contribution in [2.45, 2.75) is 13.8 Å². The van der Waals surface area contributed by atoms with Crippen molar-refractivity contribution in [1.82, 2.24) is 0 Å². The van der Waals surface area contributed by atoms with E-state index in [4.69, 9.17) is 10.00 Å². The molecule has 0 aliphatic carbocycles. The van der Waals surface area contributed by atoms with Gasteiger partial charge in [0.25, 0.3) is 0 Å². The van der Waals surface area contributed by atoms with E-state index in [9.17, 15) is 9.90 Å². The van der Waals surface area contributed by atoms with E-state index in [2.05, 4.69) is 0 Å². The number of hydrogen-bond acceptors (Lipinski definition) is 3. The van der Waals surface area contributed by atoms with Crippen LogP contribution in [0.25, 0.3) is 0 Å². The van der Waals surface area contributed by atoms with Gasteiger partial charge in [0.15, 0.2) is 0 Å². The molecule has 0 radical (unpaired) electrons. The minimum absolute atomic E-state index is 0.0720. The molecule has 2 aromatic carbocycles. The predicted octanol–water partition coefficient (Wildman–Crippen LogP) is 3.67. The van der Waals surface area contributed by atoms with Crippen molar-refractivity contribution < 1.29 is 14.6 Å². The van der Waals surface area contributed by atoms with E-state index in [0.29, 0.717) is 11.3 Å². The van der Waals surface area contributed by atoms with E-state index in [-0.39, 0.29) is 11.3 Å². The second-order valence-corrected chi connectivity index (χ2v) is 4.47. The van der Waals surface area contributed by atoms with E-state index in [0.717, 1.165) is 11.1 Å². The van der Waals surface area contributed by atoms with Crippen LogP contribution < -0.4 is 4.74 Å². The standard InChI is InChI=1S/C16H13NO3/c1-10-6-7-13(16(18)19)14(8-10)20-15-11(2)4-3-5-12(15)9-17/h3-8H,1-2H3,(H,18,19). The molecule has 0 aliphatic rings. The number of carboxylic acid groups (broad SMARTS) is 1. The molecule has 0 aliphatic heterocycles. The SMILES string of the molecule is Cc1ccc(C(=O)O)c(Oc2c(C)cccc2C#N)c1. The number of aromatic carboxylic acids is 1. The summed E-state index contributed by atoms with van der Waals surface area (Å²) in [5.41, 5.74) is 2.12. The molecule has 0 unspecified atom stereocenters. The Balaban J connectivity index is 2.53. The smallest absolute Gasteiger partial charge is 0.339 e. The summed E-state index contributed by atoms with van der Waals surface area (Å²) < 4.78 is 5.70. The molecule has 0 saturated carbocycles. The second kappa shape index (κ2) is 5.45. The summed E-state index contributed by atoms with van der Waals surface area (Å²) in [6.07, 6.45) is 0. The highest BCUT2D eigenvalue weighted by Gasteiger charge is 2.15. The summed E-state index contributed by atoms with van der Waals surface area (Å²) in [6, 6.07) is 12.1. The number of carbonyl (C=O) groups is 1. The van der Waals surface area contributed by atoms with Crippen LogP contribution in [0.1, 0.15) is 27.0 Å². The molecule has 0 atom stereocenters. The first kappa shape index (κ1) is 13.6. The first-order valence-electron chi connectivity index (χ1n) is 6.04. The minimum Gasteiger partial charge on any atom is -0.478 e. The van der Waals surface area contributed by atoms with Gasteiger partial charge in [-0.25, -0.2) is 4.79 Å². The van der Waals surface area contributed by atoms with Gasteiger partial charge in [0.2, 0.25) is 0 Å². The third-order valence-electron chi connectivity index (χ3n) is 2.91. The topological polar surface area (TPSA) is 70.3 Å². The van der Waals surface area contributed by atoms with E-state index < -0.39 is 5.97 Å². The highest BCUT2D eigenvalue weighted by molar-refractivity contribution is 5.91. The van der Waals surface area contributed by atoms with Crippen LogP contribution in [0, 0.1) is 25.2 Å². The number of nitrogens with zero attached hydrogens (tertiary/aromatic N) is 1. The maximum Gasteiger partial charge on any atom is 0.339 e. The Morgan fingerprint density at radius 2 is 2.00 bits per heavy atom. The molecule has 1 N–H and O–H groups in total. The lowest BCUT2D eigenvalue weighted by Gasteiger charge is -2.12. The number of nitriles is 1. The quantitative estimate of drug-likeness (QED) is 0.921. The predicted molar refractivity (Wildman–Crippen MR) is 74.1 cm³/mol. The van der Waals surface area contributed by atoms with Gasteiger partial charge in [-0.05, 0) is 43.2 Å². The number of para-hydroxylation sites is 1. The van der Waals surface area contributed by atoms with E-state index >= 15 is 0 Å². The minimum atomic E-state index is -1.06. The van der Waals surface area contributed by atoms with Crippen molar-refractivity contribution >= 4 is 5.97 Å². The second-order valence-electron chi connectivity index (χ2n) is 4.47. The third kappa shape index (κ3) is 2.62. The number of rotatable bonds is 3. The van der Waals surface area contributed by atoms with Gasteiger partial charge in [0.05, 0.1) is 5.56 Å². The first-order valence-corrected chi connectivity index (χ1v) is 6.04. The van der Waals surface area contributed by atoms with E-state index in [1.165, 1.54) is 6.07 Å². The average molecular weight is 267 g/mol. The normalized spacial score (nSPS) is 9.85. The van der Waals surface area contributed by atoms with Crippen molar-refractivity contribution in [2.75, 3.05) is 0 Å². The lowest BCUT2D eigenvalue weighted by atomic mass is 10.1. The zero-order valence-corrected chi connectivity index (χ0v) is 11.2. The first-order chi connectivity index (χ1) is 9.52. The Hall–Kier alpha value is -2.80. The van der Waals surface area contributed by atoms with Crippen LogP contribution in [0.2, 0.25) is 0 Å². The Kier molecular flexibility index (Phi) is 3.72. The number of benzene rings is 2. The molecule has 0 saturated heterocycles. The fourth-order valence-electron chi connectivity index (χ4n) is 1.88. The number of ether oxygens (including phenoxy) is 1. The molecule has 0 aromatic heterocycles. The van der Waals surface area contributed by atoms with Gasteiger partial charge in [0.1, 0.15) is 23.1 Å². The van der Waals surface area contributed by atoms with Gasteiger partial charge in [-0.15, -0.1) is 0 Å². The maximum atomic E-state index is 11.2. The fraction of sp³-hybridized carbons (Fsp3) is 0.125. The molecule has 20 heavy (non-hydrogen) atoms. The van der Waals surface area contributed by atoms with Crippen LogP contribution in [0.3, 0.4) is 0 Å². The average Bonchev–Trinajstić information content (AvgIpc) is 2.40. The highest BCUT2D eigenvalue weighted by Crippen LogP contribution is 2.31. The molecular formula is C16H13NO3. The van der Waals surface area contributed by atoms with Crippen molar-refractivity contribution in [3.8, 4) is 17.6 Å². The summed E-state index contributed by atoms with van der Waals surface area (Å²) >= 11 is 0. The molecule has 4 heteroatoms. The van der Waals surface area contributed by atoms with Gasteiger partial charge in [-0.1, -0.05) is 18.2 Å². The number of hydrogen-bond donors (Lipinski definition) is 1. The third-order valence-corrected chi connectivity index (χ3v) is 2.91. The Morgan fingerprint density at radius 1 is 1.25 bits per heavy atom. The summed E-state index contributed by atoms with van der Waals surface area (Å²) in [5.74, 6) is -0.432. The molecule has 2 rings (SSSR count). The van der Waals surface area contributed by atoms with Gasteiger partial charge in [-0.2, -0.15) is 5.26 Å². The van der Waals surface area contributed by atoms with Crippen LogP contribution in [0.15, 0.2) is 36.4 Å².